The first kappa shape index (κ1) is 19.9. The molecule has 120 valence electrons. The third-order valence-corrected chi connectivity index (χ3v) is 2.78. The number of rotatable bonds is 6. The van der Waals surface area contributed by atoms with Gasteiger partial charge in [0.25, 0.3) is 0 Å². The summed E-state index contributed by atoms with van der Waals surface area (Å²) in [7, 11) is 7.95. The smallest absolute Gasteiger partial charge is 0.218 e. The van der Waals surface area contributed by atoms with Crippen LogP contribution in [0.5, 0.6) is 5.88 Å². The van der Waals surface area contributed by atoms with Crippen LogP contribution in [-0.2, 0) is 6.54 Å². The molecule has 0 amide bonds. The summed E-state index contributed by atoms with van der Waals surface area (Å²) in [4.78, 5) is 12.9. The monoisotopic (exact) mass is 406 g/mol. The molecule has 0 saturated carbocycles. The van der Waals surface area contributed by atoms with Crippen LogP contribution < -0.4 is 4.74 Å². The van der Waals surface area contributed by atoms with E-state index in [9.17, 15) is 0 Å². The van der Waals surface area contributed by atoms with Gasteiger partial charge in [0.1, 0.15) is 0 Å². The van der Waals surface area contributed by atoms with Gasteiger partial charge in [-0.3, -0.25) is 0 Å². The molecule has 0 fully saturated rings. The van der Waals surface area contributed by atoms with Crippen molar-refractivity contribution >= 4 is 29.9 Å². The lowest BCUT2D eigenvalue weighted by Gasteiger charge is -2.22. The highest BCUT2D eigenvalue weighted by Crippen LogP contribution is 2.16. The summed E-state index contributed by atoms with van der Waals surface area (Å²) < 4.78 is 5.72. The maximum absolute atomic E-state index is 5.72. The van der Waals surface area contributed by atoms with Crippen molar-refractivity contribution in [2.45, 2.75) is 26.3 Å². The van der Waals surface area contributed by atoms with E-state index in [1.165, 1.54) is 0 Å². The minimum absolute atomic E-state index is 0. The van der Waals surface area contributed by atoms with Gasteiger partial charge in [-0.05, 0) is 12.5 Å². The zero-order chi connectivity index (χ0) is 15.0. The zero-order valence-electron chi connectivity index (χ0n) is 13.7. The van der Waals surface area contributed by atoms with Gasteiger partial charge in [0.2, 0.25) is 5.88 Å². The molecule has 0 aliphatic carbocycles. The van der Waals surface area contributed by atoms with Gasteiger partial charge in [-0.25, -0.2) is 9.98 Å². The highest BCUT2D eigenvalue weighted by Gasteiger charge is 2.07. The molecular weight excluding hydrogens is 379 g/mol. The number of hydrogen-bond donors (Lipinski definition) is 0. The zero-order valence-corrected chi connectivity index (χ0v) is 16.0. The highest BCUT2D eigenvalue weighted by molar-refractivity contribution is 14.0. The number of pyridine rings is 1. The van der Waals surface area contributed by atoms with E-state index >= 15 is 0 Å². The largest absolute Gasteiger partial charge is 0.477 e. The van der Waals surface area contributed by atoms with Crippen LogP contribution in [0.2, 0.25) is 0 Å². The normalized spacial score (nSPS) is 9.57. The van der Waals surface area contributed by atoms with Gasteiger partial charge in [0, 0.05) is 40.0 Å². The second-order valence-corrected chi connectivity index (χ2v) is 5.07. The Kier molecular flexibility index (Phi) is 10.1. The molecule has 0 aromatic carbocycles. The second kappa shape index (κ2) is 10.6. The topological polar surface area (TPSA) is 41.0 Å². The number of aromatic nitrogens is 1. The number of unbranched alkanes of at least 4 members (excludes halogenated alkanes) is 1. The van der Waals surface area contributed by atoms with Crippen LogP contribution in [0, 0.1) is 0 Å². The van der Waals surface area contributed by atoms with Crippen LogP contribution in [0.15, 0.2) is 23.3 Å². The number of nitrogens with zero attached hydrogens (tertiary/aromatic N) is 4. The summed E-state index contributed by atoms with van der Waals surface area (Å²) in [5.41, 5.74) is 1.02. The molecule has 1 heterocycles. The summed E-state index contributed by atoms with van der Waals surface area (Å²) >= 11 is 0. The van der Waals surface area contributed by atoms with Crippen molar-refractivity contribution in [3.63, 3.8) is 0 Å². The molecule has 0 saturated heterocycles. The average Bonchev–Trinajstić information content (AvgIpc) is 2.40. The summed E-state index contributed by atoms with van der Waals surface area (Å²) in [6.07, 6.45) is 3.92. The third kappa shape index (κ3) is 6.97. The average molecular weight is 406 g/mol. The van der Waals surface area contributed by atoms with E-state index in [-0.39, 0.29) is 24.0 Å². The first-order chi connectivity index (χ1) is 9.56. The fourth-order valence-corrected chi connectivity index (χ4v) is 1.83. The number of guanidine groups is 1. The van der Waals surface area contributed by atoms with Crippen LogP contribution in [-0.4, -0.2) is 55.5 Å². The number of hydrogen-bond acceptors (Lipinski definition) is 3. The Labute approximate surface area is 145 Å². The van der Waals surface area contributed by atoms with Crippen molar-refractivity contribution in [2.75, 3.05) is 34.8 Å². The number of halogens is 1. The summed E-state index contributed by atoms with van der Waals surface area (Å²) in [5, 5.41) is 0. The van der Waals surface area contributed by atoms with E-state index in [1.807, 2.05) is 50.1 Å². The molecule has 21 heavy (non-hydrogen) atoms. The number of aliphatic imine (C=N–C) groups is 1. The maximum Gasteiger partial charge on any atom is 0.218 e. The van der Waals surface area contributed by atoms with Crippen molar-refractivity contribution in [1.29, 1.82) is 0 Å². The van der Waals surface area contributed by atoms with Crippen LogP contribution >= 0.6 is 24.0 Å². The van der Waals surface area contributed by atoms with E-state index in [4.69, 9.17) is 4.74 Å². The first-order valence-electron chi connectivity index (χ1n) is 7.02. The molecule has 0 aliphatic heterocycles. The molecule has 0 atom stereocenters. The molecular formula is C15H27IN4O. The van der Waals surface area contributed by atoms with Gasteiger partial charge >= 0.3 is 0 Å². The Morgan fingerprint density at radius 3 is 2.48 bits per heavy atom. The lowest BCUT2D eigenvalue weighted by molar-refractivity contribution is 0.294. The van der Waals surface area contributed by atoms with Crippen molar-refractivity contribution in [3.05, 3.63) is 23.9 Å². The minimum Gasteiger partial charge on any atom is -0.477 e. The molecule has 1 aromatic heterocycles. The minimum atomic E-state index is 0. The van der Waals surface area contributed by atoms with E-state index in [2.05, 4.69) is 16.9 Å². The summed E-state index contributed by atoms with van der Waals surface area (Å²) in [6.45, 7) is 3.42. The molecule has 0 unspecified atom stereocenters. The molecule has 0 spiro atoms. The fourth-order valence-electron chi connectivity index (χ4n) is 1.83. The Balaban J connectivity index is 0.00000400. The van der Waals surface area contributed by atoms with Crippen molar-refractivity contribution in [1.82, 2.24) is 14.8 Å². The Morgan fingerprint density at radius 1 is 1.24 bits per heavy atom. The standard InChI is InChI=1S/C15H26N4O.HI/c1-6-7-11-20-14-13(9-8-10-16-14)12-17-15(18(2)3)19(4)5;/h8-10H,6-7,11-12H2,1-5H3;1H. The van der Waals surface area contributed by atoms with Gasteiger partial charge in [0.15, 0.2) is 5.96 Å². The van der Waals surface area contributed by atoms with Gasteiger partial charge < -0.3 is 14.5 Å². The molecule has 1 rings (SSSR count). The van der Waals surface area contributed by atoms with E-state index in [1.54, 1.807) is 6.20 Å². The van der Waals surface area contributed by atoms with E-state index < -0.39 is 0 Å². The lowest BCUT2D eigenvalue weighted by atomic mass is 10.2. The first-order valence-corrected chi connectivity index (χ1v) is 7.02. The van der Waals surface area contributed by atoms with E-state index in [0.29, 0.717) is 19.0 Å². The predicted molar refractivity (Wildman–Crippen MR) is 98.6 cm³/mol. The Bertz CT molecular complexity index is 425. The molecule has 1 aromatic rings. The SMILES string of the molecule is CCCCOc1ncccc1CN=C(N(C)C)N(C)C.I. The molecule has 0 bridgehead atoms. The quantitative estimate of drug-likeness (QED) is 0.315. The van der Waals surface area contributed by atoms with Gasteiger partial charge in [0.05, 0.1) is 13.2 Å². The Morgan fingerprint density at radius 2 is 1.90 bits per heavy atom. The van der Waals surface area contributed by atoms with Crippen molar-refractivity contribution < 1.29 is 4.74 Å². The van der Waals surface area contributed by atoms with Crippen molar-refractivity contribution in [3.8, 4) is 5.88 Å². The molecule has 0 aliphatic rings. The lowest BCUT2D eigenvalue weighted by Crippen LogP contribution is -2.35. The van der Waals surface area contributed by atoms with Gasteiger partial charge in [-0.1, -0.05) is 19.4 Å². The van der Waals surface area contributed by atoms with Crippen LogP contribution in [0.1, 0.15) is 25.3 Å². The maximum atomic E-state index is 5.72. The molecule has 5 nitrogen and oxygen atoms in total. The molecule has 0 N–H and O–H groups in total. The van der Waals surface area contributed by atoms with Crippen LogP contribution in [0.25, 0.3) is 0 Å². The highest BCUT2D eigenvalue weighted by atomic mass is 127. The van der Waals surface area contributed by atoms with Crippen molar-refractivity contribution in [2.24, 2.45) is 4.99 Å². The molecule has 6 heteroatoms. The van der Waals surface area contributed by atoms with Gasteiger partial charge in [-0.2, -0.15) is 0 Å². The fraction of sp³-hybridized carbons (Fsp3) is 0.600. The Hall–Kier alpha value is -1.05. The second-order valence-electron chi connectivity index (χ2n) is 5.07. The summed E-state index contributed by atoms with van der Waals surface area (Å²) in [5.74, 6) is 1.62. The van der Waals surface area contributed by atoms with Gasteiger partial charge in [-0.15, -0.1) is 24.0 Å². The predicted octanol–water partition coefficient (Wildman–Crippen LogP) is 2.86. The van der Waals surface area contributed by atoms with Crippen LogP contribution in [0.4, 0.5) is 0 Å². The van der Waals surface area contributed by atoms with E-state index in [0.717, 1.165) is 24.4 Å². The molecule has 0 radical (unpaired) electrons. The van der Waals surface area contributed by atoms with Crippen LogP contribution in [0.3, 0.4) is 0 Å². The third-order valence-electron chi connectivity index (χ3n) is 2.78. The number of ether oxygens (including phenoxy) is 1. The summed E-state index contributed by atoms with van der Waals surface area (Å²) in [6, 6.07) is 3.93.